The Balaban J connectivity index is 2.88. The van der Waals surface area contributed by atoms with E-state index in [9.17, 15) is 24.5 Å². The number of esters is 2. The van der Waals surface area contributed by atoms with Gasteiger partial charge in [-0.2, -0.15) is 0 Å². The Morgan fingerprint density at radius 2 is 1.88 bits per heavy atom. The number of Topliss-reactive ketones (excluding diaryl/α,β-unsaturated/α-hetero) is 1. The Morgan fingerprint density at radius 3 is 2.42 bits per heavy atom. The topological polar surface area (TPSA) is 113 Å². The van der Waals surface area contributed by atoms with Crippen LogP contribution in [-0.4, -0.2) is 47.8 Å². The number of methoxy groups -OCH3 is 2. The van der Waals surface area contributed by atoms with Crippen molar-refractivity contribution in [3.63, 3.8) is 0 Å². The van der Waals surface area contributed by atoms with Gasteiger partial charge in [0.2, 0.25) is 16.7 Å². The van der Waals surface area contributed by atoms with Crippen LogP contribution < -0.4 is 0 Å². The molecule has 0 fully saturated rings. The molecule has 0 amide bonds. The van der Waals surface area contributed by atoms with Crippen LogP contribution >= 0.6 is 11.6 Å². The lowest BCUT2D eigenvalue weighted by Gasteiger charge is -2.31. The van der Waals surface area contributed by atoms with Gasteiger partial charge in [0.25, 0.3) is 0 Å². The minimum atomic E-state index is -2.49. The summed E-state index contributed by atoms with van der Waals surface area (Å²) < 4.78 is 9.27. The van der Waals surface area contributed by atoms with Gasteiger partial charge in [-0.15, -0.1) is 0 Å². The number of ether oxygens (including phenoxy) is 2. The van der Waals surface area contributed by atoms with Crippen LogP contribution in [0.2, 0.25) is 0 Å². The molecule has 138 valence electrons. The molecular weight excluding hydrogens is 366 g/mol. The summed E-state index contributed by atoms with van der Waals surface area (Å²) in [4.78, 5) is 46.0. The van der Waals surface area contributed by atoms with Crippen molar-refractivity contribution in [2.45, 2.75) is 23.8 Å². The van der Waals surface area contributed by atoms with E-state index in [1.165, 1.54) is 19.1 Å². The molecule has 0 saturated carbocycles. The molecule has 26 heavy (non-hydrogen) atoms. The van der Waals surface area contributed by atoms with Crippen LogP contribution in [0.25, 0.3) is 6.08 Å². The maximum absolute atomic E-state index is 13.0. The molecule has 1 aromatic rings. The van der Waals surface area contributed by atoms with Gasteiger partial charge in [-0.25, -0.2) is 9.59 Å². The zero-order valence-corrected chi connectivity index (χ0v) is 15.0. The Hall–Kier alpha value is -2.74. The highest BCUT2D eigenvalue weighted by molar-refractivity contribution is 6.51. The van der Waals surface area contributed by atoms with Gasteiger partial charge < -0.3 is 9.47 Å². The first-order chi connectivity index (χ1) is 12.2. The average Bonchev–Trinajstić information content (AvgIpc) is 2.73. The molecule has 3 unspecified atom stereocenters. The number of carbonyl (C=O) groups is 3. The summed E-state index contributed by atoms with van der Waals surface area (Å²) in [7, 11) is 2.07. The molecule has 1 aliphatic rings. The fraction of sp³-hybridized carbons (Fsp3) is 0.353. The standard InChI is InChI=1S/C17H16ClNO7/c1-9(19(23)24)13-11-7-5-4-6-10(11)8-12(15(21)25-2)14(20)17(13,18)16(22)26-3/h4-9,13H,1-3H3. The quantitative estimate of drug-likeness (QED) is 0.195. The second-order valence-electron chi connectivity index (χ2n) is 5.71. The second-order valence-corrected chi connectivity index (χ2v) is 6.31. The zero-order valence-electron chi connectivity index (χ0n) is 14.2. The number of nitrogens with zero attached hydrogens (tertiary/aromatic N) is 1. The number of hydrogen-bond donors (Lipinski definition) is 0. The van der Waals surface area contributed by atoms with Crippen molar-refractivity contribution in [2.24, 2.45) is 0 Å². The first kappa shape index (κ1) is 19.6. The van der Waals surface area contributed by atoms with Crippen molar-refractivity contribution < 1.29 is 28.8 Å². The molecule has 0 aliphatic heterocycles. The van der Waals surface area contributed by atoms with E-state index in [2.05, 4.69) is 9.47 Å². The van der Waals surface area contributed by atoms with E-state index in [4.69, 9.17) is 11.6 Å². The van der Waals surface area contributed by atoms with Gasteiger partial charge in [0.05, 0.1) is 20.1 Å². The number of halogens is 1. The zero-order chi connectivity index (χ0) is 19.6. The highest BCUT2D eigenvalue weighted by Crippen LogP contribution is 2.45. The van der Waals surface area contributed by atoms with Crippen LogP contribution in [0.5, 0.6) is 0 Å². The largest absolute Gasteiger partial charge is 0.467 e. The smallest absolute Gasteiger partial charge is 0.341 e. The first-order valence-corrected chi connectivity index (χ1v) is 7.92. The van der Waals surface area contributed by atoms with Crippen molar-refractivity contribution in [2.75, 3.05) is 14.2 Å². The normalized spacial score (nSPS) is 23.2. The van der Waals surface area contributed by atoms with Crippen molar-refractivity contribution in [1.82, 2.24) is 0 Å². The number of carbonyl (C=O) groups excluding carboxylic acids is 3. The number of benzene rings is 1. The molecule has 2 rings (SSSR count). The molecule has 3 atom stereocenters. The van der Waals surface area contributed by atoms with E-state index < -0.39 is 45.1 Å². The molecule has 0 spiro atoms. The molecule has 9 heteroatoms. The minimum absolute atomic E-state index is 0.282. The lowest BCUT2D eigenvalue weighted by atomic mass is 9.77. The number of rotatable bonds is 4. The van der Waals surface area contributed by atoms with Gasteiger partial charge in [-0.1, -0.05) is 35.9 Å². The average molecular weight is 382 g/mol. The summed E-state index contributed by atoms with van der Waals surface area (Å²) in [5.41, 5.74) is 0.147. The van der Waals surface area contributed by atoms with Crippen LogP contribution in [-0.2, 0) is 23.9 Å². The van der Waals surface area contributed by atoms with Gasteiger partial charge in [0.1, 0.15) is 5.57 Å². The van der Waals surface area contributed by atoms with Crippen molar-refractivity contribution >= 4 is 35.4 Å². The van der Waals surface area contributed by atoms with Gasteiger partial charge in [0, 0.05) is 11.8 Å². The summed E-state index contributed by atoms with van der Waals surface area (Å²) in [6.45, 7) is 1.23. The van der Waals surface area contributed by atoms with E-state index >= 15 is 0 Å². The SMILES string of the molecule is COC(=O)C1=Cc2ccccc2C(C(C)[N+](=O)[O-])C(Cl)(C(=O)OC)C1=O. The number of nitro groups is 1. The van der Waals surface area contributed by atoms with Gasteiger partial charge >= 0.3 is 11.9 Å². The van der Waals surface area contributed by atoms with Crippen LogP contribution in [0.4, 0.5) is 0 Å². The van der Waals surface area contributed by atoms with Gasteiger partial charge in [0.15, 0.2) is 0 Å². The summed E-state index contributed by atoms with van der Waals surface area (Å²) in [5, 5.41) is 11.5. The summed E-state index contributed by atoms with van der Waals surface area (Å²) >= 11 is 6.43. The Morgan fingerprint density at radius 1 is 1.27 bits per heavy atom. The third-order valence-electron chi connectivity index (χ3n) is 4.34. The van der Waals surface area contributed by atoms with Crippen molar-refractivity contribution in [1.29, 1.82) is 0 Å². The highest BCUT2D eigenvalue weighted by Gasteiger charge is 2.60. The molecule has 0 aromatic heterocycles. The molecule has 0 heterocycles. The van der Waals surface area contributed by atoms with Crippen molar-refractivity contribution in [3.05, 3.63) is 51.1 Å². The number of alkyl halides is 1. The van der Waals surface area contributed by atoms with Crippen LogP contribution in [0, 0.1) is 10.1 Å². The maximum Gasteiger partial charge on any atom is 0.341 e. The van der Waals surface area contributed by atoms with Gasteiger partial charge in [-0.05, 0) is 17.2 Å². The predicted molar refractivity (Wildman–Crippen MR) is 91.2 cm³/mol. The summed E-state index contributed by atoms with van der Waals surface area (Å²) in [6.07, 6.45) is 1.22. The predicted octanol–water partition coefficient (Wildman–Crippen LogP) is 1.73. The molecule has 0 saturated heterocycles. The monoisotopic (exact) mass is 381 g/mol. The highest BCUT2D eigenvalue weighted by atomic mass is 35.5. The Bertz CT molecular complexity index is 819. The van der Waals surface area contributed by atoms with Crippen LogP contribution in [0.3, 0.4) is 0 Å². The first-order valence-electron chi connectivity index (χ1n) is 7.54. The lowest BCUT2D eigenvalue weighted by Crippen LogP contribution is -2.52. The molecule has 0 radical (unpaired) electrons. The molecular formula is C17H16ClNO7. The molecule has 1 aliphatic carbocycles. The molecule has 0 bridgehead atoms. The fourth-order valence-corrected chi connectivity index (χ4v) is 3.52. The molecule has 0 N–H and O–H groups in total. The third kappa shape index (κ3) is 2.96. The van der Waals surface area contributed by atoms with E-state index in [0.717, 1.165) is 14.2 Å². The van der Waals surface area contributed by atoms with E-state index in [1.807, 2.05) is 0 Å². The van der Waals surface area contributed by atoms with E-state index in [-0.39, 0.29) is 5.56 Å². The second kappa shape index (κ2) is 7.25. The fourth-order valence-electron chi connectivity index (χ4n) is 3.04. The maximum atomic E-state index is 13.0. The Labute approximate surface area is 153 Å². The summed E-state index contributed by atoms with van der Waals surface area (Å²) in [6, 6.07) is 4.88. The van der Waals surface area contributed by atoms with Crippen molar-refractivity contribution in [3.8, 4) is 0 Å². The minimum Gasteiger partial charge on any atom is -0.467 e. The number of hydrogen-bond acceptors (Lipinski definition) is 7. The lowest BCUT2D eigenvalue weighted by molar-refractivity contribution is -0.522. The van der Waals surface area contributed by atoms with E-state index in [0.29, 0.717) is 5.56 Å². The number of fused-ring (bicyclic) bond motifs is 1. The Kier molecular flexibility index (Phi) is 5.46. The summed E-state index contributed by atoms with van der Waals surface area (Å²) in [5.74, 6) is -4.66. The van der Waals surface area contributed by atoms with Crippen LogP contribution in [0.15, 0.2) is 29.8 Å². The third-order valence-corrected chi connectivity index (χ3v) is 4.90. The van der Waals surface area contributed by atoms with Crippen LogP contribution in [0.1, 0.15) is 24.0 Å². The van der Waals surface area contributed by atoms with Gasteiger partial charge in [-0.3, -0.25) is 14.9 Å². The number of ketones is 1. The molecule has 8 nitrogen and oxygen atoms in total. The molecule has 1 aromatic carbocycles. The van der Waals surface area contributed by atoms with E-state index in [1.54, 1.807) is 18.2 Å².